The number of carbonyl (C=O) groups is 1. The Bertz CT molecular complexity index is 214. The van der Waals surface area contributed by atoms with Gasteiger partial charge in [0.2, 0.25) is 0 Å². The zero-order valence-electron chi connectivity index (χ0n) is 5.95. The molecule has 0 aromatic rings. The molecule has 3 nitrogen and oxygen atoms in total. The van der Waals surface area contributed by atoms with Gasteiger partial charge < -0.3 is 9.47 Å². The van der Waals surface area contributed by atoms with Crippen LogP contribution in [0.1, 0.15) is 0 Å². The van der Waals surface area contributed by atoms with Crippen molar-refractivity contribution < 1.29 is 14.3 Å². The normalized spacial score (nSPS) is 29.5. The Hall–Kier alpha value is -1.43. The highest BCUT2D eigenvalue weighted by atomic mass is 16.7. The van der Waals surface area contributed by atoms with Gasteiger partial charge in [0.1, 0.15) is 12.7 Å². The average molecular weight is 152 g/mol. The first-order valence-electron chi connectivity index (χ1n) is 3.20. The van der Waals surface area contributed by atoms with Crippen LogP contribution in [0.4, 0.5) is 4.79 Å². The van der Waals surface area contributed by atoms with Crippen LogP contribution in [0.15, 0.2) is 12.7 Å². The van der Waals surface area contributed by atoms with Crippen molar-refractivity contribution in [3.63, 3.8) is 0 Å². The second-order valence-corrected chi connectivity index (χ2v) is 2.15. The topological polar surface area (TPSA) is 35.5 Å². The van der Waals surface area contributed by atoms with E-state index in [1.807, 2.05) is 0 Å². The number of carbonyl (C=O) groups excluding carboxylic acids is 1. The van der Waals surface area contributed by atoms with E-state index >= 15 is 0 Å². The predicted octanol–water partition coefficient (Wildman–Crippen LogP) is 0.957. The smallest absolute Gasteiger partial charge is 0.433 e. The third-order valence-corrected chi connectivity index (χ3v) is 1.46. The second kappa shape index (κ2) is 3.11. The summed E-state index contributed by atoms with van der Waals surface area (Å²) in [5.74, 6) is 2.25. The Balaban J connectivity index is 2.63. The van der Waals surface area contributed by atoms with E-state index in [4.69, 9.17) is 11.2 Å². The van der Waals surface area contributed by atoms with Crippen molar-refractivity contribution in [2.75, 3.05) is 6.61 Å². The molecule has 3 heteroatoms. The molecule has 58 valence electrons. The van der Waals surface area contributed by atoms with Crippen LogP contribution in [0, 0.1) is 18.3 Å². The Morgan fingerprint density at radius 3 is 3.09 bits per heavy atom. The molecule has 1 fully saturated rings. The van der Waals surface area contributed by atoms with Gasteiger partial charge in [0.25, 0.3) is 0 Å². The van der Waals surface area contributed by atoms with Gasteiger partial charge in [0, 0.05) is 0 Å². The molecule has 2 unspecified atom stereocenters. The maximum Gasteiger partial charge on any atom is 0.508 e. The standard InChI is InChI=1S/C8H8O3/c1-3-6-5-10-8(9)11-7(6)4-2/h1,4,6-7H,2,5H2. The minimum Gasteiger partial charge on any atom is -0.433 e. The lowest BCUT2D eigenvalue weighted by Crippen LogP contribution is -2.34. The SMILES string of the molecule is C#CC1COC(=O)OC1C=C. The van der Waals surface area contributed by atoms with Gasteiger partial charge in [-0.3, -0.25) is 0 Å². The molecule has 0 N–H and O–H groups in total. The van der Waals surface area contributed by atoms with E-state index in [9.17, 15) is 4.79 Å². The highest BCUT2D eigenvalue weighted by Gasteiger charge is 2.28. The van der Waals surface area contributed by atoms with E-state index in [1.165, 1.54) is 6.08 Å². The molecule has 11 heavy (non-hydrogen) atoms. The fourth-order valence-corrected chi connectivity index (χ4v) is 0.835. The summed E-state index contributed by atoms with van der Waals surface area (Å²) in [6.07, 6.45) is 5.57. The molecule has 0 bridgehead atoms. The van der Waals surface area contributed by atoms with E-state index in [0.29, 0.717) is 0 Å². The van der Waals surface area contributed by atoms with Crippen LogP contribution in [-0.4, -0.2) is 18.9 Å². The first-order valence-corrected chi connectivity index (χ1v) is 3.20. The number of terminal acetylenes is 1. The largest absolute Gasteiger partial charge is 0.508 e. The first-order chi connectivity index (χ1) is 5.27. The maximum atomic E-state index is 10.5. The van der Waals surface area contributed by atoms with Gasteiger partial charge in [-0.2, -0.15) is 0 Å². The first kappa shape index (κ1) is 7.67. The van der Waals surface area contributed by atoms with Crippen LogP contribution in [0.5, 0.6) is 0 Å². The van der Waals surface area contributed by atoms with E-state index in [2.05, 4.69) is 17.2 Å². The van der Waals surface area contributed by atoms with Crippen molar-refractivity contribution in [2.24, 2.45) is 5.92 Å². The molecule has 0 saturated carbocycles. The van der Waals surface area contributed by atoms with E-state index in [1.54, 1.807) is 0 Å². The molecule has 0 aliphatic carbocycles. The van der Waals surface area contributed by atoms with Crippen molar-refractivity contribution in [3.8, 4) is 12.3 Å². The van der Waals surface area contributed by atoms with Gasteiger partial charge in [-0.1, -0.05) is 12.5 Å². The monoisotopic (exact) mass is 152 g/mol. The van der Waals surface area contributed by atoms with Gasteiger partial charge >= 0.3 is 6.16 Å². The quantitative estimate of drug-likeness (QED) is 0.319. The van der Waals surface area contributed by atoms with Crippen molar-refractivity contribution in [1.29, 1.82) is 0 Å². The van der Waals surface area contributed by atoms with Gasteiger partial charge in [-0.05, 0) is 6.08 Å². The number of hydrogen-bond donors (Lipinski definition) is 0. The van der Waals surface area contributed by atoms with E-state index < -0.39 is 12.3 Å². The van der Waals surface area contributed by atoms with Gasteiger partial charge in [-0.15, -0.1) is 6.42 Å². The van der Waals surface area contributed by atoms with Crippen LogP contribution in [0.3, 0.4) is 0 Å². The molecular weight excluding hydrogens is 144 g/mol. The van der Waals surface area contributed by atoms with Gasteiger partial charge in [0.05, 0.1) is 5.92 Å². The second-order valence-electron chi connectivity index (χ2n) is 2.15. The molecule has 1 heterocycles. The summed E-state index contributed by atoms with van der Waals surface area (Å²) in [5, 5.41) is 0. The number of hydrogen-bond acceptors (Lipinski definition) is 3. The lowest BCUT2D eigenvalue weighted by molar-refractivity contribution is -0.0250. The van der Waals surface area contributed by atoms with Crippen LogP contribution in [0.2, 0.25) is 0 Å². The maximum absolute atomic E-state index is 10.5. The summed E-state index contributed by atoms with van der Waals surface area (Å²) in [6.45, 7) is 3.70. The Kier molecular flexibility index (Phi) is 2.17. The molecule has 1 rings (SSSR count). The Labute approximate surface area is 65.0 Å². The summed E-state index contributed by atoms with van der Waals surface area (Å²) >= 11 is 0. The minimum absolute atomic E-state index is 0.204. The summed E-state index contributed by atoms with van der Waals surface area (Å²) in [7, 11) is 0. The number of rotatable bonds is 1. The Morgan fingerprint density at radius 1 is 1.82 bits per heavy atom. The molecule has 0 aromatic heterocycles. The average Bonchev–Trinajstić information content (AvgIpc) is 2.04. The fourth-order valence-electron chi connectivity index (χ4n) is 0.835. The molecule has 0 aromatic carbocycles. The zero-order chi connectivity index (χ0) is 8.27. The van der Waals surface area contributed by atoms with Crippen molar-refractivity contribution in [2.45, 2.75) is 6.10 Å². The molecule has 1 aliphatic heterocycles. The van der Waals surface area contributed by atoms with Gasteiger partial charge in [-0.25, -0.2) is 4.79 Å². The van der Waals surface area contributed by atoms with E-state index in [-0.39, 0.29) is 12.5 Å². The van der Waals surface area contributed by atoms with Crippen LogP contribution >= 0.6 is 0 Å². The fraction of sp³-hybridized carbons (Fsp3) is 0.375. The predicted molar refractivity (Wildman–Crippen MR) is 38.7 cm³/mol. The third-order valence-electron chi connectivity index (χ3n) is 1.46. The van der Waals surface area contributed by atoms with Crippen LogP contribution < -0.4 is 0 Å². The van der Waals surface area contributed by atoms with Gasteiger partial charge in [0.15, 0.2) is 0 Å². The molecule has 0 radical (unpaired) electrons. The van der Waals surface area contributed by atoms with Crippen LogP contribution in [-0.2, 0) is 9.47 Å². The van der Waals surface area contributed by atoms with Crippen molar-refractivity contribution in [1.82, 2.24) is 0 Å². The molecule has 1 aliphatic rings. The lowest BCUT2D eigenvalue weighted by Gasteiger charge is -2.24. The molecular formula is C8H8O3. The summed E-state index contributed by atoms with van der Waals surface area (Å²) < 4.78 is 9.28. The van der Waals surface area contributed by atoms with Crippen molar-refractivity contribution in [3.05, 3.63) is 12.7 Å². The minimum atomic E-state index is -0.679. The molecule has 1 saturated heterocycles. The summed E-state index contributed by atoms with van der Waals surface area (Å²) in [4.78, 5) is 10.5. The summed E-state index contributed by atoms with van der Waals surface area (Å²) in [6, 6.07) is 0. The molecule has 0 spiro atoms. The number of ether oxygens (including phenoxy) is 2. The molecule has 2 atom stereocenters. The zero-order valence-corrected chi connectivity index (χ0v) is 5.95. The highest BCUT2D eigenvalue weighted by Crippen LogP contribution is 2.15. The highest BCUT2D eigenvalue weighted by molar-refractivity contribution is 5.61. The Morgan fingerprint density at radius 2 is 2.55 bits per heavy atom. The van der Waals surface area contributed by atoms with Crippen LogP contribution in [0.25, 0.3) is 0 Å². The lowest BCUT2D eigenvalue weighted by atomic mass is 10.0. The summed E-state index contributed by atoms with van der Waals surface area (Å²) in [5.41, 5.74) is 0. The van der Waals surface area contributed by atoms with E-state index in [0.717, 1.165) is 0 Å². The number of cyclic esters (lactones) is 2. The molecule has 0 amide bonds. The third kappa shape index (κ3) is 1.53. The van der Waals surface area contributed by atoms with Crippen molar-refractivity contribution >= 4 is 6.16 Å².